The number of piperazine rings is 1. The van der Waals surface area contributed by atoms with E-state index >= 15 is 0 Å². The molecule has 0 radical (unpaired) electrons. The molecule has 7 nitrogen and oxygen atoms in total. The van der Waals surface area contributed by atoms with Crippen molar-refractivity contribution < 1.29 is 9.53 Å². The number of esters is 1. The molecule has 1 fully saturated rings. The molecule has 150 valence electrons. The highest BCUT2D eigenvalue weighted by molar-refractivity contribution is 5.98. The van der Waals surface area contributed by atoms with Crippen molar-refractivity contribution in [1.82, 2.24) is 19.9 Å². The van der Waals surface area contributed by atoms with Crippen molar-refractivity contribution in [3.8, 4) is 0 Å². The number of hydrogen-bond donors (Lipinski definition) is 0. The van der Waals surface area contributed by atoms with Gasteiger partial charge in [-0.2, -0.15) is 0 Å². The van der Waals surface area contributed by atoms with Crippen LogP contribution >= 0.6 is 0 Å². The summed E-state index contributed by atoms with van der Waals surface area (Å²) in [6.07, 6.45) is 3.53. The molecule has 0 aliphatic carbocycles. The molecule has 1 aromatic carbocycles. The van der Waals surface area contributed by atoms with Crippen LogP contribution < -0.4 is 4.90 Å². The fraction of sp³-hybridized carbons (Fsp3) is 0.364. The van der Waals surface area contributed by atoms with E-state index < -0.39 is 0 Å². The molecule has 0 N–H and O–H groups in total. The maximum absolute atomic E-state index is 12.7. The molecule has 1 aliphatic heterocycles. The highest BCUT2D eigenvalue weighted by Crippen LogP contribution is 2.25. The second-order valence-corrected chi connectivity index (χ2v) is 7.11. The molecule has 2 aromatic heterocycles. The standard InChI is InChI=1S/C22H25N5O2/c1-3-29-21(28)20-16(2)17-7-4-5-8-18(17)25-19(20)15-26-11-13-27(14-12-26)22-23-9-6-10-24-22/h4-10H,3,11-15H2,1-2H3. The van der Waals surface area contributed by atoms with Gasteiger partial charge in [0.05, 0.1) is 23.4 Å². The number of aryl methyl sites for hydroxylation is 1. The molecule has 29 heavy (non-hydrogen) atoms. The molecule has 0 bridgehead atoms. The number of carbonyl (C=O) groups is 1. The van der Waals surface area contributed by atoms with Crippen molar-refractivity contribution in [3.05, 3.63) is 59.5 Å². The second kappa shape index (κ2) is 8.53. The van der Waals surface area contributed by atoms with Crippen LogP contribution in [-0.4, -0.2) is 58.6 Å². The fourth-order valence-corrected chi connectivity index (χ4v) is 3.80. The first kappa shape index (κ1) is 19.3. The Labute approximate surface area is 170 Å². The Morgan fingerprint density at radius 1 is 1.07 bits per heavy atom. The van der Waals surface area contributed by atoms with Crippen molar-refractivity contribution in [2.45, 2.75) is 20.4 Å². The molecular weight excluding hydrogens is 366 g/mol. The van der Waals surface area contributed by atoms with Gasteiger partial charge in [0.15, 0.2) is 0 Å². The highest BCUT2D eigenvalue weighted by atomic mass is 16.5. The number of anilines is 1. The molecular formula is C22H25N5O2. The van der Waals surface area contributed by atoms with Crippen molar-refractivity contribution in [2.75, 3.05) is 37.7 Å². The molecule has 3 heterocycles. The summed E-state index contributed by atoms with van der Waals surface area (Å²) >= 11 is 0. The lowest BCUT2D eigenvalue weighted by Crippen LogP contribution is -2.46. The lowest BCUT2D eigenvalue weighted by atomic mass is 10.0. The van der Waals surface area contributed by atoms with Crippen LogP contribution in [0.15, 0.2) is 42.7 Å². The third kappa shape index (κ3) is 4.05. The van der Waals surface area contributed by atoms with Gasteiger partial charge in [-0.1, -0.05) is 18.2 Å². The van der Waals surface area contributed by atoms with Gasteiger partial charge >= 0.3 is 5.97 Å². The fourth-order valence-electron chi connectivity index (χ4n) is 3.80. The van der Waals surface area contributed by atoms with Crippen molar-refractivity contribution in [2.24, 2.45) is 0 Å². The van der Waals surface area contributed by atoms with Crippen LogP contribution in [0.25, 0.3) is 10.9 Å². The van der Waals surface area contributed by atoms with Crippen LogP contribution in [-0.2, 0) is 11.3 Å². The summed E-state index contributed by atoms with van der Waals surface area (Å²) in [7, 11) is 0. The third-order valence-corrected chi connectivity index (χ3v) is 5.29. The summed E-state index contributed by atoms with van der Waals surface area (Å²) < 4.78 is 5.34. The van der Waals surface area contributed by atoms with E-state index in [2.05, 4.69) is 19.8 Å². The van der Waals surface area contributed by atoms with E-state index in [4.69, 9.17) is 9.72 Å². The normalized spacial score (nSPS) is 14.9. The number of carbonyl (C=O) groups excluding carboxylic acids is 1. The van der Waals surface area contributed by atoms with E-state index in [0.29, 0.717) is 18.7 Å². The molecule has 0 amide bonds. The van der Waals surface area contributed by atoms with E-state index in [1.165, 1.54) is 0 Å². The number of para-hydroxylation sites is 1. The quantitative estimate of drug-likeness (QED) is 0.619. The number of pyridine rings is 1. The minimum Gasteiger partial charge on any atom is -0.462 e. The van der Waals surface area contributed by atoms with Crippen molar-refractivity contribution in [3.63, 3.8) is 0 Å². The van der Waals surface area contributed by atoms with E-state index in [9.17, 15) is 4.79 Å². The van der Waals surface area contributed by atoms with Gasteiger partial charge in [0.25, 0.3) is 0 Å². The zero-order chi connectivity index (χ0) is 20.2. The highest BCUT2D eigenvalue weighted by Gasteiger charge is 2.24. The third-order valence-electron chi connectivity index (χ3n) is 5.29. The first-order chi connectivity index (χ1) is 14.2. The molecule has 0 atom stereocenters. The maximum Gasteiger partial charge on any atom is 0.340 e. The van der Waals surface area contributed by atoms with Crippen LogP contribution in [0.5, 0.6) is 0 Å². The predicted molar refractivity (Wildman–Crippen MR) is 112 cm³/mol. The average Bonchev–Trinajstić information content (AvgIpc) is 2.75. The Morgan fingerprint density at radius 3 is 2.52 bits per heavy atom. The minimum atomic E-state index is -0.297. The zero-order valence-corrected chi connectivity index (χ0v) is 16.8. The predicted octanol–water partition coefficient (Wildman–Crippen LogP) is 2.83. The van der Waals surface area contributed by atoms with Crippen LogP contribution in [0.2, 0.25) is 0 Å². The van der Waals surface area contributed by atoms with Gasteiger partial charge in [0, 0.05) is 50.5 Å². The number of rotatable bonds is 5. The van der Waals surface area contributed by atoms with Crippen LogP contribution in [0, 0.1) is 6.92 Å². The number of aromatic nitrogens is 3. The summed E-state index contributed by atoms with van der Waals surface area (Å²) in [6.45, 7) is 8.15. The smallest absolute Gasteiger partial charge is 0.340 e. The number of hydrogen-bond acceptors (Lipinski definition) is 7. The molecule has 3 aromatic rings. The van der Waals surface area contributed by atoms with E-state index in [1.54, 1.807) is 12.4 Å². The Morgan fingerprint density at radius 2 is 1.79 bits per heavy atom. The monoisotopic (exact) mass is 391 g/mol. The van der Waals surface area contributed by atoms with Gasteiger partial charge < -0.3 is 9.64 Å². The van der Waals surface area contributed by atoms with E-state index in [1.807, 2.05) is 44.2 Å². The lowest BCUT2D eigenvalue weighted by molar-refractivity contribution is 0.0522. The molecule has 0 spiro atoms. The SMILES string of the molecule is CCOC(=O)c1c(CN2CCN(c3ncccn3)CC2)nc2ccccc2c1C. The lowest BCUT2D eigenvalue weighted by Gasteiger charge is -2.34. The topological polar surface area (TPSA) is 71.5 Å². The van der Waals surface area contributed by atoms with Crippen molar-refractivity contribution in [1.29, 1.82) is 0 Å². The summed E-state index contributed by atoms with van der Waals surface area (Å²) in [6, 6.07) is 9.76. The summed E-state index contributed by atoms with van der Waals surface area (Å²) in [4.78, 5) is 30.7. The van der Waals surface area contributed by atoms with E-state index in [0.717, 1.165) is 54.3 Å². The first-order valence-corrected chi connectivity index (χ1v) is 9.97. The average molecular weight is 391 g/mol. The number of fused-ring (bicyclic) bond motifs is 1. The summed E-state index contributed by atoms with van der Waals surface area (Å²) in [5, 5.41) is 0.991. The van der Waals surface area contributed by atoms with Crippen LogP contribution in [0.1, 0.15) is 28.5 Å². The Hall–Kier alpha value is -3.06. The van der Waals surface area contributed by atoms with Crippen LogP contribution in [0.4, 0.5) is 5.95 Å². The number of benzene rings is 1. The van der Waals surface area contributed by atoms with Gasteiger partial charge in [0.1, 0.15) is 0 Å². The molecule has 1 saturated heterocycles. The minimum absolute atomic E-state index is 0.297. The Kier molecular flexibility index (Phi) is 5.67. The van der Waals surface area contributed by atoms with Gasteiger partial charge in [-0.15, -0.1) is 0 Å². The van der Waals surface area contributed by atoms with Crippen molar-refractivity contribution >= 4 is 22.8 Å². The summed E-state index contributed by atoms with van der Waals surface area (Å²) in [5.74, 6) is 0.466. The first-order valence-electron chi connectivity index (χ1n) is 9.97. The van der Waals surface area contributed by atoms with E-state index in [-0.39, 0.29) is 5.97 Å². The van der Waals surface area contributed by atoms with Gasteiger partial charge in [-0.3, -0.25) is 9.88 Å². The Bertz CT molecular complexity index is 1000. The summed E-state index contributed by atoms with van der Waals surface area (Å²) in [5.41, 5.74) is 3.22. The number of ether oxygens (including phenoxy) is 1. The molecule has 1 aliphatic rings. The van der Waals surface area contributed by atoms with Gasteiger partial charge in [0.2, 0.25) is 5.95 Å². The molecule has 0 unspecified atom stereocenters. The molecule has 4 rings (SSSR count). The van der Waals surface area contributed by atoms with Crippen LogP contribution in [0.3, 0.4) is 0 Å². The van der Waals surface area contributed by atoms with Gasteiger partial charge in [-0.25, -0.2) is 14.8 Å². The van der Waals surface area contributed by atoms with Gasteiger partial charge in [-0.05, 0) is 31.5 Å². The zero-order valence-electron chi connectivity index (χ0n) is 16.8. The number of nitrogens with zero attached hydrogens (tertiary/aromatic N) is 5. The molecule has 0 saturated carbocycles. The maximum atomic E-state index is 12.7. The second-order valence-electron chi connectivity index (χ2n) is 7.11. The molecule has 7 heteroatoms. The largest absolute Gasteiger partial charge is 0.462 e. The Balaban J connectivity index is 1.57.